The highest BCUT2D eigenvalue weighted by atomic mass is 32.2. The number of halogens is 1. The van der Waals surface area contributed by atoms with Crippen molar-refractivity contribution in [2.75, 3.05) is 5.32 Å². The van der Waals surface area contributed by atoms with Gasteiger partial charge >= 0.3 is 0 Å². The summed E-state index contributed by atoms with van der Waals surface area (Å²) in [7, 11) is -1.57. The third-order valence-corrected chi connectivity index (χ3v) is 7.33. The monoisotopic (exact) mass is 428 g/mol. The summed E-state index contributed by atoms with van der Waals surface area (Å²) in [6.07, 6.45) is 6.49. The molecule has 1 atom stereocenters. The van der Waals surface area contributed by atoms with Gasteiger partial charge in [-0.05, 0) is 79.8 Å². The lowest BCUT2D eigenvalue weighted by molar-refractivity contribution is 0.675. The van der Waals surface area contributed by atoms with Crippen molar-refractivity contribution in [1.29, 1.82) is 0 Å². The quantitative estimate of drug-likeness (QED) is 0.629. The Balaban J connectivity index is 1.52. The minimum Gasteiger partial charge on any atom is -0.323 e. The second-order valence-corrected chi connectivity index (χ2v) is 9.46. The van der Waals surface area contributed by atoms with Gasteiger partial charge in [0.05, 0.1) is 0 Å². The zero-order chi connectivity index (χ0) is 20.0. The summed E-state index contributed by atoms with van der Waals surface area (Å²) in [5, 5.41) is 7.60. The molecule has 1 N–H and O–H groups in total. The van der Waals surface area contributed by atoms with Gasteiger partial charge in [0, 0.05) is 10.6 Å². The van der Waals surface area contributed by atoms with E-state index in [4.69, 9.17) is 0 Å². The lowest BCUT2D eigenvalue weighted by atomic mass is 9.99. The SMILES string of the molecule is Cc1ccc(S(=O)c2nc(Nc3c4c(cc5c3CCC5)CCC4)n(SF)n2)cc1. The lowest BCUT2D eigenvalue weighted by Crippen LogP contribution is -2.05. The number of aryl methyl sites for hydroxylation is 3. The summed E-state index contributed by atoms with van der Waals surface area (Å²) in [4.78, 5) is 5.01. The molecule has 0 bridgehead atoms. The predicted octanol–water partition coefficient (Wildman–Crippen LogP) is 4.86. The van der Waals surface area contributed by atoms with E-state index in [1.54, 1.807) is 12.1 Å². The van der Waals surface area contributed by atoms with E-state index in [1.165, 1.54) is 22.3 Å². The van der Waals surface area contributed by atoms with Crippen LogP contribution in [-0.2, 0) is 36.5 Å². The highest BCUT2D eigenvalue weighted by Crippen LogP contribution is 2.40. The second kappa shape index (κ2) is 7.57. The van der Waals surface area contributed by atoms with Gasteiger partial charge in [0.2, 0.25) is 11.1 Å². The van der Waals surface area contributed by atoms with E-state index in [0.717, 1.165) is 53.9 Å². The molecule has 0 fully saturated rings. The van der Waals surface area contributed by atoms with Gasteiger partial charge in [0.1, 0.15) is 10.8 Å². The van der Waals surface area contributed by atoms with Gasteiger partial charge in [-0.1, -0.05) is 23.8 Å². The van der Waals surface area contributed by atoms with Crippen LogP contribution in [0.4, 0.5) is 15.5 Å². The van der Waals surface area contributed by atoms with Crippen LogP contribution in [-0.4, -0.2) is 18.4 Å². The number of fused-ring (bicyclic) bond motifs is 2. The maximum absolute atomic E-state index is 13.6. The van der Waals surface area contributed by atoms with E-state index in [1.807, 2.05) is 19.1 Å². The van der Waals surface area contributed by atoms with Crippen LogP contribution >= 0.6 is 12.3 Å². The Bertz CT molecular complexity index is 1080. The molecule has 0 spiro atoms. The van der Waals surface area contributed by atoms with Gasteiger partial charge in [0.25, 0.3) is 0 Å². The van der Waals surface area contributed by atoms with E-state index in [0.29, 0.717) is 4.90 Å². The van der Waals surface area contributed by atoms with E-state index in [2.05, 4.69) is 21.5 Å². The zero-order valence-electron chi connectivity index (χ0n) is 16.1. The van der Waals surface area contributed by atoms with Crippen molar-refractivity contribution in [3.05, 3.63) is 58.1 Å². The first kappa shape index (κ1) is 18.8. The first-order valence-electron chi connectivity index (χ1n) is 9.82. The van der Waals surface area contributed by atoms with Crippen molar-refractivity contribution >= 4 is 34.8 Å². The fourth-order valence-corrected chi connectivity index (χ4v) is 5.56. The first-order valence-corrected chi connectivity index (χ1v) is 11.6. The van der Waals surface area contributed by atoms with Gasteiger partial charge in [-0.2, -0.15) is 4.98 Å². The van der Waals surface area contributed by atoms with Crippen molar-refractivity contribution in [3.63, 3.8) is 0 Å². The Labute approximate surface area is 176 Å². The molecule has 3 aromatic rings. The van der Waals surface area contributed by atoms with E-state index in [9.17, 15) is 8.09 Å². The number of hydrogen-bond donors (Lipinski definition) is 1. The molecule has 2 aliphatic rings. The molecule has 8 heteroatoms. The van der Waals surface area contributed by atoms with Crippen molar-refractivity contribution in [2.45, 2.75) is 55.5 Å². The maximum atomic E-state index is 13.6. The molecular weight excluding hydrogens is 407 g/mol. The van der Waals surface area contributed by atoms with Crippen LogP contribution < -0.4 is 5.32 Å². The van der Waals surface area contributed by atoms with Gasteiger partial charge in [0.15, 0.2) is 12.3 Å². The second-order valence-electron chi connectivity index (χ2n) is 7.60. The molecule has 0 saturated heterocycles. The normalized spacial score (nSPS) is 15.9. The van der Waals surface area contributed by atoms with Crippen molar-refractivity contribution in [3.8, 4) is 0 Å². The van der Waals surface area contributed by atoms with Crippen LogP contribution in [0.15, 0.2) is 40.4 Å². The van der Waals surface area contributed by atoms with E-state index < -0.39 is 10.8 Å². The average molecular weight is 429 g/mol. The molecule has 2 aromatic carbocycles. The summed E-state index contributed by atoms with van der Waals surface area (Å²) >= 11 is -0.0368. The number of rotatable bonds is 5. The smallest absolute Gasteiger partial charge is 0.246 e. The molecule has 150 valence electrons. The number of hydrogen-bond acceptors (Lipinski definition) is 5. The molecule has 0 radical (unpaired) electrons. The standard InChI is InChI=1S/C21H21FN4OS2/c1-13-8-10-16(11-9-13)29(27)21-24-20(26(25-21)28-22)23-19-17-6-2-4-14(17)12-15-5-3-7-18(15)19/h8-12H,2-7H2,1H3,(H,23,24,25). The Morgan fingerprint density at radius 1 is 1.07 bits per heavy atom. The third-order valence-electron chi connectivity index (χ3n) is 5.74. The third kappa shape index (κ3) is 3.38. The maximum Gasteiger partial charge on any atom is 0.246 e. The first-order chi connectivity index (χ1) is 14.1. The lowest BCUT2D eigenvalue weighted by Gasteiger charge is -2.16. The van der Waals surface area contributed by atoms with Gasteiger partial charge < -0.3 is 5.32 Å². The van der Waals surface area contributed by atoms with E-state index in [-0.39, 0.29) is 23.4 Å². The number of nitrogens with zero attached hydrogens (tertiary/aromatic N) is 3. The van der Waals surface area contributed by atoms with E-state index >= 15 is 0 Å². The predicted molar refractivity (Wildman–Crippen MR) is 114 cm³/mol. The zero-order valence-corrected chi connectivity index (χ0v) is 17.7. The highest BCUT2D eigenvalue weighted by Gasteiger charge is 2.26. The number of aromatic nitrogens is 3. The molecule has 1 unspecified atom stereocenters. The van der Waals surface area contributed by atoms with Crippen LogP contribution in [0.1, 0.15) is 40.7 Å². The highest BCUT2D eigenvalue weighted by molar-refractivity contribution is 7.92. The molecule has 1 aromatic heterocycles. The van der Waals surface area contributed by atoms with Crippen LogP contribution in [0.25, 0.3) is 0 Å². The van der Waals surface area contributed by atoms with Crippen molar-refractivity contribution in [1.82, 2.24) is 14.2 Å². The number of nitrogens with one attached hydrogen (secondary N) is 1. The summed E-state index contributed by atoms with van der Waals surface area (Å²) < 4.78 is 27.6. The van der Waals surface area contributed by atoms with Gasteiger partial charge in [-0.3, -0.25) is 0 Å². The summed E-state index contributed by atoms with van der Waals surface area (Å²) in [5.74, 6) is 0.280. The molecule has 2 aliphatic carbocycles. The minimum atomic E-state index is -1.57. The minimum absolute atomic E-state index is 0.0368. The largest absolute Gasteiger partial charge is 0.323 e. The summed E-state index contributed by atoms with van der Waals surface area (Å²) in [6, 6.07) is 9.72. The van der Waals surface area contributed by atoms with Crippen LogP contribution in [0, 0.1) is 6.92 Å². The number of benzene rings is 2. The molecule has 1 heterocycles. The fourth-order valence-electron chi connectivity index (χ4n) is 4.33. The molecular formula is C21H21FN4OS2. The summed E-state index contributed by atoms with van der Waals surface area (Å²) in [5.41, 5.74) is 7.53. The Morgan fingerprint density at radius 2 is 1.72 bits per heavy atom. The average Bonchev–Trinajstić information content (AvgIpc) is 3.47. The Kier molecular flexibility index (Phi) is 4.91. The molecule has 0 saturated carbocycles. The molecule has 5 nitrogen and oxygen atoms in total. The molecule has 0 amide bonds. The fraction of sp³-hybridized carbons (Fsp3) is 0.333. The molecule has 0 aliphatic heterocycles. The number of anilines is 2. The van der Waals surface area contributed by atoms with Crippen LogP contribution in [0.3, 0.4) is 0 Å². The Hall–Kier alpha value is -2.19. The van der Waals surface area contributed by atoms with Crippen LogP contribution in [0.5, 0.6) is 0 Å². The van der Waals surface area contributed by atoms with Crippen molar-refractivity contribution in [2.24, 2.45) is 0 Å². The topological polar surface area (TPSA) is 59.8 Å². The van der Waals surface area contributed by atoms with Gasteiger partial charge in [-0.15, -0.1) is 13.1 Å². The summed E-state index contributed by atoms with van der Waals surface area (Å²) in [6.45, 7) is 1.97. The molecule has 29 heavy (non-hydrogen) atoms. The van der Waals surface area contributed by atoms with Gasteiger partial charge in [-0.25, -0.2) is 4.21 Å². The Morgan fingerprint density at radius 3 is 2.34 bits per heavy atom. The van der Waals surface area contributed by atoms with Crippen LogP contribution in [0.2, 0.25) is 0 Å². The van der Waals surface area contributed by atoms with Crippen molar-refractivity contribution < 1.29 is 8.09 Å². The molecule has 5 rings (SSSR count).